The zero-order chi connectivity index (χ0) is 14.5. The number of aliphatic hydroxyl groups is 1. The van der Waals surface area contributed by atoms with Crippen LogP contribution in [-0.4, -0.2) is 39.9 Å². The molecule has 2 N–H and O–H groups in total. The maximum Gasteiger partial charge on any atom is 0.242 e. The van der Waals surface area contributed by atoms with Crippen LogP contribution in [0.4, 0.5) is 0 Å². The van der Waals surface area contributed by atoms with Crippen LogP contribution in [0.3, 0.4) is 0 Å². The minimum Gasteiger partial charge on any atom is -0.396 e. The van der Waals surface area contributed by atoms with Gasteiger partial charge in [0, 0.05) is 19.8 Å². The Morgan fingerprint density at radius 3 is 2.68 bits per heavy atom. The van der Waals surface area contributed by atoms with Gasteiger partial charge in [-0.15, -0.1) is 0 Å². The lowest BCUT2D eigenvalue weighted by atomic mass is 10.2. The summed E-state index contributed by atoms with van der Waals surface area (Å²) in [5, 5.41) is 9.02. The van der Waals surface area contributed by atoms with Crippen molar-refractivity contribution in [3.8, 4) is 0 Å². The van der Waals surface area contributed by atoms with Gasteiger partial charge < -0.3 is 9.84 Å². The van der Waals surface area contributed by atoms with E-state index in [0.29, 0.717) is 0 Å². The van der Waals surface area contributed by atoms with E-state index in [4.69, 9.17) is 33.0 Å². The molecule has 0 amide bonds. The van der Waals surface area contributed by atoms with Crippen molar-refractivity contribution in [2.75, 3.05) is 20.3 Å². The van der Waals surface area contributed by atoms with Gasteiger partial charge in [-0.1, -0.05) is 29.3 Å². The normalized spacial score (nSPS) is 13.5. The van der Waals surface area contributed by atoms with Crippen LogP contribution in [0.2, 0.25) is 10.0 Å². The summed E-state index contributed by atoms with van der Waals surface area (Å²) in [5.41, 5.74) is 0. The lowest BCUT2D eigenvalue weighted by molar-refractivity contribution is 0.158. The predicted octanol–water partition coefficient (Wildman–Crippen LogP) is 1.67. The smallest absolute Gasteiger partial charge is 0.242 e. The first-order valence-electron chi connectivity index (χ1n) is 5.48. The van der Waals surface area contributed by atoms with Crippen LogP contribution in [0.25, 0.3) is 0 Å². The highest BCUT2D eigenvalue weighted by Gasteiger charge is 2.23. The number of halogens is 2. The van der Waals surface area contributed by atoms with E-state index < -0.39 is 16.1 Å². The van der Waals surface area contributed by atoms with Crippen LogP contribution in [0.1, 0.15) is 6.42 Å². The Morgan fingerprint density at radius 1 is 1.42 bits per heavy atom. The summed E-state index contributed by atoms with van der Waals surface area (Å²) in [7, 11) is -2.37. The summed E-state index contributed by atoms with van der Waals surface area (Å²) in [4.78, 5) is -0.0966. The third kappa shape index (κ3) is 4.59. The number of nitrogens with one attached hydrogen (secondary N) is 1. The second kappa shape index (κ2) is 7.42. The van der Waals surface area contributed by atoms with Crippen molar-refractivity contribution >= 4 is 33.2 Å². The van der Waals surface area contributed by atoms with Crippen molar-refractivity contribution in [1.29, 1.82) is 0 Å². The Morgan fingerprint density at radius 2 is 2.11 bits per heavy atom. The Bertz CT molecular complexity index is 515. The molecule has 0 aliphatic rings. The summed E-state index contributed by atoms with van der Waals surface area (Å²) in [6.07, 6.45) is 0.241. The van der Waals surface area contributed by atoms with Crippen LogP contribution in [0, 0.1) is 0 Å². The molecule has 0 saturated heterocycles. The third-order valence-electron chi connectivity index (χ3n) is 2.37. The summed E-state index contributed by atoms with van der Waals surface area (Å²) in [5.74, 6) is 0. The van der Waals surface area contributed by atoms with E-state index in [0.717, 1.165) is 0 Å². The maximum atomic E-state index is 12.2. The van der Waals surface area contributed by atoms with Gasteiger partial charge in [-0.2, -0.15) is 0 Å². The Balaban J connectivity index is 3.00. The largest absolute Gasteiger partial charge is 0.396 e. The number of hydrogen-bond donors (Lipinski definition) is 2. The lowest BCUT2D eigenvalue weighted by Crippen LogP contribution is -2.38. The number of methoxy groups -OCH3 is 1. The number of benzene rings is 1. The average molecular weight is 328 g/mol. The Hall–Kier alpha value is -0.370. The molecule has 0 bridgehead atoms. The highest BCUT2D eigenvalue weighted by molar-refractivity contribution is 7.89. The van der Waals surface area contributed by atoms with Crippen molar-refractivity contribution in [1.82, 2.24) is 4.72 Å². The maximum absolute atomic E-state index is 12.2. The molecule has 1 aromatic carbocycles. The summed E-state index contributed by atoms with van der Waals surface area (Å²) < 4.78 is 31.7. The van der Waals surface area contributed by atoms with Crippen molar-refractivity contribution in [3.63, 3.8) is 0 Å². The molecule has 1 aromatic rings. The Kier molecular flexibility index (Phi) is 6.52. The molecule has 0 saturated carbocycles. The van der Waals surface area contributed by atoms with Gasteiger partial charge in [0.2, 0.25) is 10.0 Å². The summed E-state index contributed by atoms with van der Waals surface area (Å²) >= 11 is 11.7. The van der Waals surface area contributed by atoms with Crippen LogP contribution in [-0.2, 0) is 14.8 Å². The van der Waals surface area contributed by atoms with E-state index in [-0.39, 0.29) is 34.6 Å². The molecule has 5 nitrogen and oxygen atoms in total. The molecule has 19 heavy (non-hydrogen) atoms. The molecular formula is C11H15Cl2NO4S. The van der Waals surface area contributed by atoms with E-state index in [1.165, 1.54) is 25.3 Å². The standard InChI is InChI=1S/C11H15Cl2NO4S/c1-18-7-8(5-6-15)14-19(16,17)10-4-2-3-9(12)11(10)13/h2-4,8,14-15H,5-7H2,1H3. The SMILES string of the molecule is COCC(CCO)NS(=O)(=O)c1cccc(Cl)c1Cl. The minimum atomic E-state index is -3.81. The van der Waals surface area contributed by atoms with Gasteiger partial charge in [-0.05, 0) is 18.6 Å². The molecule has 0 aliphatic heterocycles. The summed E-state index contributed by atoms with van der Waals surface area (Å²) in [6, 6.07) is 3.83. The van der Waals surface area contributed by atoms with Crippen molar-refractivity contribution in [3.05, 3.63) is 28.2 Å². The molecule has 1 unspecified atom stereocenters. The topological polar surface area (TPSA) is 75.6 Å². The van der Waals surface area contributed by atoms with Crippen LogP contribution in [0.5, 0.6) is 0 Å². The van der Waals surface area contributed by atoms with Crippen LogP contribution < -0.4 is 4.72 Å². The fourth-order valence-electron chi connectivity index (χ4n) is 1.51. The molecule has 0 aromatic heterocycles. The van der Waals surface area contributed by atoms with E-state index in [1.54, 1.807) is 0 Å². The first-order chi connectivity index (χ1) is 8.92. The van der Waals surface area contributed by atoms with E-state index >= 15 is 0 Å². The molecule has 108 valence electrons. The van der Waals surface area contributed by atoms with E-state index in [9.17, 15) is 8.42 Å². The molecule has 0 spiro atoms. The zero-order valence-electron chi connectivity index (χ0n) is 10.3. The number of aliphatic hydroxyl groups excluding tert-OH is 1. The predicted molar refractivity (Wildman–Crippen MR) is 74.2 cm³/mol. The number of hydrogen-bond acceptors (Lipinski definition) is 4. The first kappa shape index (κ1) is 16.7. The van der Waals surface area contributed by atoms with Gasteiger partial charge >= 0.3 is 0 Å². The number of rotatable bonds is 7. The van der Waals surface area contributed by atoms with Gasteiger partial charge in [0.1, 0.15) is 4.90 Å². The molecule has 1 atom stereocenters. The van der Waals surface area contributed by atoms with Gasteiger partial charge in [-0.25, -0.2) is 13.1 Å². The molecule has 0 radical (unpaired) electrons. The number of sulfonamides is 1. The quantitative estimate of drug-likeness (QED) is 0.798. The third-order valence-corrected chi connectivity index (χ3v) is 4.87. The van der Waals surface area contributed by atoms with Crippen LogP contribution >= 0.6 is 23.2 Å². The highest BCUT2D eigenvalue weighted by atomic mass is 35.5. The zero-order valence-corrected chi connectivity index (χ0v) is 12.6. The monoisotopic (exact) mass is 327 g/mol. The summed E-state index contributed by atoms with van der Waals surface area (Å²) in [6.45, 7) is -0.00218. The molecule has 0 heterocycles. The van der Waals surface area contributed by atoms with Gasteiger partial charge in [0.15, 0.2) is 0 Å². The van der Waals surface area contributed by atoms with Gasteiger partial charge in [-0.3, -0.25) is 0 Å². The van der Waals surface area contributed by atoms with Gasteiger partial charge in [0.05, 0.1) is 16.7 Å². The van der Waals surface area contributed by atoms with Gasteiger partial charge in [0.25, 0.3) is 0 Å². The van der Waals surface area contributed by atoms with E-state index in [2.05, 4.69) is 4.72 Å². The molecule has 0 fully saturated rings. The lowest BCUT2D eigenvalue weighted by Gasteiger charge is -2.17. The first-order valence-corrected chi connectivity index (χ1v) is 7.72. The second-order valence-corrected chi connectivity index (χ2v) is 6.31. The van der Waals surface area contributed by atoms with Crippen molar-refractivity contribution in [2.24, 2.45) is 0 Å². The molecule has 1 rings (SSSR count). The Labute approximate surface area is 122 Å². The highest BCUT2D eigenvalue weighted by Crippen LogP contribution is 2.28. The average Bonchev–Trinajstić information content (AvgIpc) is 2.32. The minimum absolute atomic E-state index is 0.0307. The molecule has 0 aliphatic carbocycles. The molecule has 8 heteroatoms. The molecular weight excluding hydrogens is 313 g/mol. The second-order valence-electron chi connectivity index (χ2n) is 3.84. The fraction of sp³-hybridized carbons (Fsp3) is 0.455. The number of ether oxygens (including phenoxy) is 1. The van der Waals surface area contributed by atoms with E-state index in [1.807, 2.05) is 0 Å². The van der Waals surface area contributed by atoms with Crippen molar-refractivity contribution < 1.29 is 18.3 Å². The fourth-order valence-corrected chi connectivity index (χ4v) is 3.52. The van der Waals surface area contributed by atoms with Crippen molar-refractivity contribution in [2.45, 2.75) is 17.4 Å². The van der Waals surface area contributed by atoms with Crippen LogP contribution in [0.15, 0.2) is 23.1 Å².